The highest BCUT2D eigenvalue weighted by molar-refractivity contribution is 6.10. The zero-order chi connectivity index (χ0) is 51.1. The van der Waals surface area contributed by atoms with E-state index in [4.69, 9.17) is 9.47 Å². The molecule has 2 aliphatic heterocycles. The quantitative estimate of drug-likeness (QED) is 0.172. The Hall–Kier alpha value is -10.2. The maximum atomic E-state index is 6.78. The molecule has 0 N–H and O–H groups in total. The lowest BCUT2D eigenvalue weighted by atomic mass is 9.66. The Balaban J connectivity index is 0.899. The molecule has 0 unspecified atom stereocenters. The van der Waals surface area contributed by atoms with Crippen molar-refractivity contribution in [2.24, 2.45) is 0 Å². The van der Waals surface area contributed by atoms with Gasteiger partial charge in [0.2, 0.25) is 0 Å². The van der Waals surface area contributed by atoms with Crippen molar-refractivity contribution in [3.05, 3.63) is 324 Å². The Morgan fingerprint density at radius 2 is 0.667 bits per heavy atom. The van der Waals surface area contributed by atoms with Gasteiger partial charge in [-0.05, 0) is 141 Å². The summed E-state index contributed by atoms with van der Waals surface area (Å²) < 4.78 is 16.0. The molecule has 3 heterocycles. The first-order valence-corrected chi connectivity index (χ1v) is 26.9. The topological polar surface area (TPSA) is 26.6 Å². The van der Waals surface area contributed by atoms with Crippen LogP contribution in [0, 0.1) is 0 Å². The lowest BCUT2D eigenvalue weighted by molar-refractivity contribution is 0.436. The number of fused-ring (bicyclic) bond motifs is 21. The van der Waals surface area contributed by atoms with Crippen molar-refractivity contribution >= 4 is 38.9 Å². The minimum Gasteiger partial charge on any atom is -0.457 e. The van der Waals surface area contributed by atoms with Gasteiger partial charge >= 0.3 is 0 Å². The molecule has 364 valence electrons. The van der Waals surface area contributed by atoms with Gasteiger partial charge in [0.1, 0.15) is 23.0 Å². The Labute approximate surface area is 451 Å². The molecule has 17 rings (SSSR count). The first-order valence-electron chi connectivity index (χ1n) is 26.9. The number of benzene rings is 12. The van der Waals surface area contributed by atoms with Gasteiger partial charge in [-0.1, -0.05) is 194 Å². The first kappa shape index (κ1) is 43.1. The normalized spacial score (nSPS) is 14.1. The molecule has 13 aromatic rings. The Morgan fingerprint density at radius 1 is 0.269 bits per heavy atom. The zero-order valence-electron chi connectivity index (χ0n) is 42.3. The van der Waals surface area contributed by atoms with Gasteiger partial charge in [-0.15, -0.1) is 0 Å². The third-order valence-corrected chi connectivity index (χ3v) is 17.3. The highest BCUT2D eigenvalue weighted by atomic mass is 16.5. The molecule has 4 nitrogen and oxygen atoms in total. The maximum absolute atomic E-state index is 6.78. The van der Waals surface area contributed by atoms with E-state index in [1.54, 1.807) is 0 Å². The molecule has 2 spiro atoms. The maximum Gasteiger partial charge on any atom is 0.132 e. The van der Waals surface area contributed by atoms with Crippen molar-refractivity contribution in [2.75, 3.05) is 4.90 Å². The molecule has 0 radical (unpaired) electrons. The van der Waals surface area contributed by atoms with E-state index >= 15 is 0 Å². The minimum atomic E-state index is -0.636. The van der Waals surface area contributed by atoms with Crippen LogP contribution in [0.1, 0.15) is 44.5 Å². The molecule has 4 aliphatic rings. The summed E-state index contributed by atoms with van der Waals surface area (Å²) in [4.78, 5) is 2.47. The van der Waals surface area contributed by atoms with Crippen LogP contribution in [0.25, 0.3) is 60.9 Å². The SMILES string of the molecule is c1ccc(-n2c3ccccc3c3ccc(-c4ccc(N(c5ccc6c(c5)C5(c7ccccc7Oc7ccccc75)c5ccccc5-6)c5ccc6c(c5)C5(c7ccccc7Oc7ccccc75)c5ccccc5-6)cc4)cc32)cc1. The first-order chi connectivity index (χ1) is 38.7. The second-order valence-electron chi connectivity index (χ2n) is 21.0. The summed E-state index contributed by atoms with van der Waals surface area (Å²) in [7, 11) is 0. The number of rotatable bonds is 5. The fraction of sp³-hybridized carbons (Fsp3) is 0.0270. The smallest absolute Gasteiger partial charge is 0.132 e. The van der Waals surface area contributed by atoms with E-state index in [1.165, 1.54) is 66.3 Å². The standard InChI is InChI=1S/C74H46N2O2/c1-2-18-49(19-3-1)76-67-29-13-6-22-57(67)58-41-36-48(44-68(58)76)47-34-37-50(38-35-47)75(51-39-42-55-53-20-4-7-23-59(53)73(65(55)45-51)61-25-9-14-30-69(61)77-70-31-15-10-26-62(70)73)52-40-43-56-54-21-5-8-24-60(54)74(66(56)46-52)63-27-11-16-32-71(63)78-72-33-17-12-28-64(72)74/h1-46H. The summed E-state index contributed by atoms with van der Waals surface area (Å²) in [5.74, 6) is 3.50. The molecule has 78 heavy (non-hydrogen) atoms. The van der Waals surface area contributed by atoms with Crippen molar-refractivity contribution in [2.45, 2.75) is 10.8 Å². The summed E-state index contributed by atoms with van der Waals surface area (Å²) in [6.07, 6.45) is 0. The van der Waals surface area contributed by atoms with E-state index in [-0.39, 0.29) is 0 Å². The molecule has 0 saturated heterocycles. The largest absolute Gasteiger partial charge is 0.457 e. The van der Waals surface area contributed by atoms with E-state index < -0.39 is 10.8 Å². The van der Waals surface area contributed by atoms with Gasteiger partial charge in [0, 0.05) is 55.8 Å². The lowest BCUT2D eigenvalue weighted by Crippen LogP contribution is -2.32. The molecule has 0 saturated carbocycles. The summed E-state index contributed by atoms with van der Waals surface area (Å²) in [6.45, 7) is 0. The Kier molecular flexibility index (Phi) is 8.94. The van der Waals surface area contributed by atoms with Crippen LogP contribution in [-0.2, 0) is 10.8 Å². The molecule has 1 aromatic heterocycles. The zero-order valence-corrected chi connectivity index (χ0v) is 42.3. The van der Waals surface area contributed by atoms with Crippen molar-refractivity contribution in [3.8, 4) is 62.1 Å². The van der Waals surface area contributed by atoms with Gasteiger partial charge in [0.15, 0.2) is 0 Å². The number of hydrogen-bond donors (Lipinski definition) is 0. The second kappa shape index (κ2) is 16.2. The van der Waals surface area contributed by atoms with Crippen LogP contribution < -0.4 is 14.4 Å². The van der Waals surface area contributed by atoms with Gasteiger partial charge in [-0.25, -0.2) is 0 Å². The monoisotopic (exact) mass is 994 g/mol. The van der Waals surface area contributed by atoms with E-state index in [0.717, 1.165) is 79.1 Å². The average Bonchev–Trinajstić information content (AvgIpc) is 4.29. The fourth-order valence-corrected chi connectivity index (χ4v) is 14.2. The van der Waals surface area contributed by atoms with E-state index in [0.29, 0.717) is 0 Å². The van der Waals surface area contributed by atoms with Gasteiger partial charge < -0.3 is 18.9 Å². The van der Waals surface area contributed by atoms with Crippen LogP contribution in [-0.4, -0.2) is 4.57 Å². The summed E-state index contributed by atoms with van der Waals surface area (Å²) in [5.41, 5.74) is 22.1. The molecule has 4 heteroatoms. The Bertz CT molecular complexity index is 4360. The average molecular weight is 995 g/mol. The number of ether oxygens (including phenoxy) is 2. The highest BCUT2D eigenvalue weighted by Gasteiger charge is 2.53. The number of para-hydroxylation sites is 6. The number of aromatic nitrogens is 1. The van der Waals surface area contributed by atoms with Gasteiger partial charge in [-0.3, -0.25) is 0 Å². The predicted octanol–water partition coefficient (Wildman–Crippen LogP) is 18.9. The van der Waals surface area contributed by atoms with E-state index in [9.17, 15) is 0 Å². The molecular weight excluding hydrogens is 949 g/mol. The van der Waals surface area contributed by atoms with Crippen molar-refractivity contribution < 1.29 is 9.47 Å². The van der Waals surface area contributed by atoms with E-state index in [1.807, 2.05) is 0 Å². The van der Waals surface area contributed by atoms with Crippen molar-refractivity contribution in [3.63, 3.8) is 0 Å². The molecule has 0 fully saturated rings. The van der Waals surface area contributed by atoms with Gasteiger partial charge in [0.25, 0.3) is 0 Å². The van der Waals surface area contributed by atoms with Crippen LogP contribution >= 0.6 is 0 Å². The summed E-state index contributed by atoms with van der Waals surface area (Å²) >= 11 is 0. The number of nitrogens with zero attached hydrogens (tertiary/aromatic N) is 2. The molecule has 12 aromatic carbocycles. The van der Waals surface area contributed by atoms with Crippen LogP contribution in [0.3, 0.4) is 0 Å². The molecule has 2 aliphatic carbocycles. The summed E-state index contributed by atoms with van der Waals surface area (Å²) in [5, 5.41) is 2.48. The predicted molar refractivity (Wildman–Crippen MR) is 316 cm³/mol. The molecular formula is C74H46N2O2. The number of anilines is 3. The second-order valence-corrected chi connectivity index (χ2v) is 21.0. The van der Waals surface area contributed by atoms with Crippen molar-refractivity contribution in [1.82, 2.24) is 4.57 Å². The third-order valence-electron chi connectivity index (χ3n) is 17.3. The molecule has 0 atom stereocenters. The van der Waals surface area contributed by atoms with Gasteiger partial charge in [0.05, 0.1) is 21.9 Å². The minimum absolute atomic E-state index is 0.636. The number of hydrogen-bond acceptors (Lipinski definition) is 3. The van der Waals surface area contributed by atoms with Gasteiger partial charge in [-0.2, -0.15) is 0 Å². The van der Waals surface area contributed by atoms with Crippen molar-refractivity contribution in [1.29, 1.82) is 0 Å². The van der Waals surface area contributed by atoms with Crippen LogP contribution in [0.2, 0.25) is 0 Å². The lowest BCUT2D eigenvalue weighted by Gasteiger charge is -2.40. The molecule has 0 amide bonds. The summed E-state index contributed by atoms with van der Waals surface area (Å²) in [6, 6.07) is 102. The molecule has 0 bridgehead atoms. The van der Waals surface area contributed by atoms with Crippen LogP contribution in [0.4, 0.5) is 17.1 Å². The highest BCUT2D eigenvalue weighted by Crippen LogP contribution is 2.65. The fourth-order valence-electron chi connectivity index (χ4n) is 14.2. The van der Waals surface area contributed by atoms with Crippen LogP contribution in [0.15, 0.2) is 279 Å². The third kappa shape index (κ3) is 5.73. The Morgan fingerprint density at radius 3 is 1.19 bits per heavy atom. The van der Waals surface area contributed by atoms with Crippen LogP contribution in [0.5, 0.6) is 23.0 Å². The van der Waals surface area contributed by atoms with E-state index in [2.05, 4.69) is 289 Å².